The second kappa shape index (κ2) is 8.87. The van der Waals surface area contributed by atoms with Crippen molar-refractivity contribution < 1.29 is 13.9 Å². The van der Waals surface area contributed by atoms with E-state index in [1.54, 1.807) is 16.8 Å². The van der Waals surface area contributed by atoms with E-state index in [-0.39, 0.29) is 12.5 Å². The third kappa shape index (κ3) is 4.66. The summed E-state index contributed by atoms with van der Waals surface area (Å²) in [5.74, 6) is 0.717. The molecule has 0 aliphatic rings. The molecule has 1 amide bonds. The van der Waals surface area contributed by atoms with Crippen molar-refractivity contribution in [2.75, 3.05) is 11.9 Å². The normalized spacial score (nSPS) is 10.9. The molecule has 7 nitrogen and oxygen atoms in total. The molecule has 0 saturated carbocycles. The predicted octanol–water partition coefficient (Wildman–Crippen LogP) is 4.26. The molecule has 4 rings (SSSR count). The van der Waals surface area contributed by atoms with Gasteiger partial charge in [0, 0.05) is 23.6 Å². The van der Waals surface area contributed by atoms with Crippen LogP contribution < -0.4 is 15.7 Å². The van der Waals surface area contributed by atoms with Gasteiger partial charge in [0.05, 0.1) is 11.4 Å². The second-order valence-corrected chi connectivity index (χ2v) is 7.26. The van der Waals surface area contributed by atoms with Crippen molar-refractivity contribution in [3.05, 3.63) is 82.3 Å². The minimum Gasteiger partial charge on any atom is -0.484 e. The number of nitrogens with zero attached hydrogens (tertiary/aromatic N) is 2. The SMILES string of the molecule is CCCc1cc(NC(=O)COc2ccc3c(C)cc(=O)oc3c2)n(-c2ccccc2)n1. The summed E-state index contributed by atoms with van der Waals surface area (Å²) in [7, 11) is 0. The quantitative estimate of drug-likeness (QED) is 0.454. The lowest BCUT2D eigenvalue weighted by Gasteiger charge is -2.10. The Morgan fingerprint density at radius 1 is 1.13 bits per heavy atom. The number of hydrogen-bond donors (Lipinski definition) is 1. The first-order valence-corrected chi connectivity index (χ1v) is 10.1. The van der Waals surface area contributed by atoms with E-state index in [1.165, 1.54) is 6.07 Å². The van der Waals surface area contributed by atoms with Crippen molar-refractivity contribution in [2.24, 2.45) is 0 Å². The van der Waals surface area contributed by atoms with Gasteiger partial charge >= 0.3 is 5.63 Å². The Kier molecular flexibility index (Phi) is 5.84. The van der Waals surface area contributed by atoms with E-state index in [1.807, 2.05) is 49.4 Å². The molecule has 158 valence electrons. The maximum atomic E-state index is 12.6. The number of aryl methyl sites for hydroxylation is 2. The third-order valence-electron chi connectivity index (χ3n) is 4.83. The zero-order valence-corrected chi connectivity index (χ0v) is 17.4. The Morgan fingerprint density at radius 3 is 2.71 bits per heavy atom. The van der Waals surface area contributed by atoms with Crippen LogP contribution in [0.4, 0.5) is 5.82 Å². The molecule has 0 radical (unpaired) electrons. The van der Waals surface area contributed by atoms with Gasteiger partial charge in [-0.05, 0) is 43.2 Å². The van der Waals surface area contributed by atoms with Crippen LogP contribution in [0.5, 0.6) is 5.75 Å². The number of ether oxygens (including phenoxy) is 1. The zero-order chi connectivity index (χ0) is 21.8. The van der Waals surface area contributed by atoms with Crippen LogP contribution >= 0.6 is 0 Å². The number of carbonyl (C=O) groups excluding carboxylic acids is 1. The number of amides is 1. The van der Waals surface area contributed by atoms with Gasteiger partial charge in [0.2, 0.25) is 0 Å². The van der Waals surface area contributed by atoms with Crippen molar-refractivity contribution in [3.63, 3.8) is 0 Å². The zero-order valence-electron chi connectivity index (χ0n) is 17.4. The highest BCUT2D eigenvalue weighted by atomic mass is 16.5. The summed E-state index contributed by atoms with van der Waals surface area (Å²) < 4.78 is 12.6. The second-order valence-electron chi connectivity index (χ2n) is 7.26. The van der Waals surface area contributed by atoms with Crippen LogP contribution in [-0.4, -0.2) is 22.3 Å². The summed E-state index contributed by atoms with van der Waals surface area (Å²) in [5.41, 5.74) is 2.60. The van der Waals surface area contributed by atoms with E-state index in [9.17, 15) is 9.59 Å². The monoisotopic (exact) mass is 417 g/mol. The fourth-order valence-corrected chi connectivity index (χ4v) is 3.39. The molecule has 0 unspecified atom stereocenters. The molecule has 0 aliphatic carbocycles. The Balaban J connectivity index is 1.49. The summed E-state index contributed by atoms with van der Waals surface area (Å²) in [6.07, 6.45) is 1.78. The molecule has 0 saturated heterocycles. The first kappa shape index (κ1) is 20.4. The first-order chi connectivity index (χ1) is 15.0. The minimum atomic E-state index is -0.419. The van der Waals surface area contributed by atoms with E-state index in [0.29, 0.717) is 17.2 Å². The van der Waals surface area contributed by atoms with Crippen LogP contribution in [0, 0.1) is 6.92 Å². The third-order valence-corrected chi connectivity index (χ3v) is 4.83. The Labute approximate surface area is 179 Å². The van der Waals surface area contributed by atoms with Crippen LogP contribution in [0.2, 0.25) is 0 Å². The maximum Gasteiger partial charge on any atom is 0.336 e. The van der Waals surface area contributed by atoms with Crippen LogP contribution in [-0.2, 0) is 11.2 Å². The number of nitrogens with one attached hydrogen (secondary N) is 1. The molecular weight excluding hydrogens is 394 g/mol. The number of rotatable bonds is 7. The van der Waals surface area contributed by atoms with Crippen LogP contribution in [0.25, 0.3) is 16.7 Å². The molecule has 2 heterocycles. The topological polar surface area (TPSA) is 86.4 Å². The summed E-state index contributed by atoms with van der Waals surface area (Å²) in [6, 6.07) is 18.1. The Hall–Kier alpha value is -3.87. The fourth-order valence-electron chi connectivity index (χ4n) is 3.39. The Morgan fingerprint density at radius 2 is 1.94 bits per heavy atom. The molecule has 1 N–H and O–H groups in total. The average molecular weight is 417 g/mol. The predicted molar refractivity (Wildman–Crippen MR) is 119 cm³/mol. The fraction of sp³-hybridized carbons (Fsp3) is 0.208. The lowest BCUT2D eigenvalue weighted by Crippen LogP contribution is -2.21. The van der Waals surface area contributed by atoms with Crippen molar-refractivity contribution in [1.29, 1.82) is 0 Å². The van der Waals surface area contributed by atoms with Gasteiger partial charge in [-0.25, -0.2) is 9.48 Å². The Bertz CT molecular complexity index is 1280. The number of para-hydroxylation sites is 1. The van der Waals surface area contributed by atoms with Gasteiger partial charge in [-0.3, -0.25) is 4.79 Å². The van der Waals surface area contributed by atoms with E-state index < -0.39 is 5.63 Å². The highest BCUT2D eigenvalue weighted by molar-refractivity contribution is 5.91. The number of hydrogen-bond acceptors (Lipinski definition) is 5. The molecular formula is C24H23N3O4. The molecule has 2 aromatic heterocycles. The van der Waals surface area contributed by atoms with E-state index in [2.05, 4.69) is 17.3 Å². The highest BCUT2D eigenvalue weighted by Gasteiger charge is 2.13. The molecule has 7 heteroatoms. The van der Waals surface area contributed by atoms with E-state index >= 15 is 0 Å². The lowest BCUT2D eigenvalue weighted by atomic mass is 10.1. The molecule has 31 heavy (non-hydrogen) atoms. The smallest absolute Gasteiger partial charge is 0.336 e. The summed E-state index contributed by atoms with van der Waals surface area (Å²) in [6.45, 7) is 3.74. The van der Waals surface area contributed by atoms with Gasteiger partial charge in [-0.2, -0.15) is 5.10 Å². The number of carbonyl (C=O) groups is 1. The summed E-state index contributed by atoms with van der Waals surface area (Å²) in [5, 5.41) is 8.31. The van der Waals surface area contributed by atoms with Gasteiger partial charge < -0.3 is 14.5 Å². The summed E-state index contributed by atoms with van der Waals surface area (Å²) in [4.78, 5) is 24.2. The van der Waals surface area contributed by atoms with Gasteiger partial charge in [0.15, 0.2) is 6.61 Å². The van der Waals surface area contributed by atoms with Crippen molar-refractivity contribution in [3.8, 4) is 11.4 Å². The number of aromatic nitrogens is 2. The van der Waals surface area contributed by atoms with Crippen LogP contribution in [0.1, 0.15) is 24.6 Å². The van der Waals surface area contributed by atoms with Crippen molar-refractivity contribution >= 4 is 22.7 Å². The molecule has 4 aromatic rings. The minimum absolute atomic E-state index is 0.190. The highest BCUT2D eigenvalue weighted by Crippen LogP contribution is 2.22. The average Bonchev–Trinajstić information content (AvgIpc) is 3.15. The molecule has 0 aliphatic heterocycles. The van der Waals surface area contributed by atoms with Gasteiger partial charge in [0.1, 0.15) is 17.2 Å². The molecule has 0 fully saturated rings. The first-order valence-electron chi connectivity index (χ1n) is 10.1. The van der Waals surface area contributed by atoms with Crippen LogP contribution in [0.15, 0.2) is 69.9 Å². The molecule has 0 atom stereocenters. The van der Waals surface area contributed by atoms with E-state index in [4.69, 9.17) is 9.15 Å². The molecule has 0 bridgehead atoms. The van der Waals surface area contributed by atoms with Crippen molar-refractivity contribution in [1.82, 2.24) is 9.78 Å². The number of benzene rings is 2. The lowest BCUT2D eigenvalue weighted by molar-refractivity contribution is -0.118. The summed E-state index contributed by atoms with van der Waals surface area (Å²) >= 11 is 0. The van der Waals surface area contributed by atoms with Gasteiger partial charge in [0.25, 0.3) is 5.91 Å². The maximum absolute atomic E-state index is 12.6. The van der Waals surface area contributed by atoms with Crippen LogP contribution in [0.3, 0.4) is 0 Å². The standard InChI is InChI=1S/C24H23N3O4/c1-3-7-17-13-22(27(26-17)18-8-5-4-6-9-18)25-23(28)15-30-19-10-11-20-16(2)12-24(29)31-21(20)14-19/h4-6,8-14H,3,7,15H2,1-2H3,(H,25,28). The molecule has 0 spiro atoms. The van der Waals surface area contributed by atoms with E-state index in [0.717, 1.165) is 35.2 Å². The molecule has 2 aromatic carbocycles. The van der Waals surface area contributed by atoms with Gasteiger partial charge in [-0.1, -0.05) is 31.5 Å². The van der Waals surface area contributed by atoms with Gasteiger partial charge in [-0.15, -0.1) is 0 Å². The number of fused-ring (bicyclic) bond motifs is 1. The number of anilines is 1. The largest absolute Gasteiger partial charge is 0.484 e. The van der Waals surface area contributed by atoms with Crippen molar-refractivity contribution in [2.45, 2.75) is 26.7 Å².